The van der Waals surface area contributed by atoms with E-state index in [0.717, 1.165) is 11.1 Å². The Bertz CT molecular complexity index is 666. The van der Waals surface area contributed by atoms with Crippen molar-refractivity contribution < 1.29 is 14.6 Å². The van der Waals surface area contributed by atoms with Crippen molar-refractivity contribution in [2.45, 2.75) is 20.1 Å². The van der Waals surface area contributed by atoms with Crippen LogP contribution in [0.5, 0.6) is 5.75 Å². The molecule has 2 aromatic rings. The van der Waals surface area contributed by atoms with Gasteiger partial charge in [-0.05, 0) is 24.6 Å². The number of aliphatic hydroxyl groups excluding tert-OH is 1. The predicted molar refractivity (Wildman–Crippen MR) is 109 cm³/mol. The van der Waals surface area contributed by atoms with E-state index >= 15 is 0 Å². The molecule has 4 nitrogen and oxygen atoms in total. The van der Waals surface area contributed by atoms with Gasteiger partial charge in [-0.3, -0.25) is 0 Å². The van der Waals surface area contributed by atoms with Crippen molar-refractivity contribution in [3.8, 4) is 5.75 Å². The number of ether oxygens (including phenoxy) is 2. The normalized spacial score (nSPS) is 10.5. The van der Waals surface area contributed by atoms with Gasteiger partial charge in [0.1, 0.15) is 12.4 Å². The van der Waals surface area contributed by atoms with Gasteiger partial charge >= 0.3 is 0 Å². The van der Waals surface area contributed by atoms with Crippen LogP contribution in [-0.2, 0) is 17.9 Å². The molecule has 0 aromatic heterocycles. The minimum atomic E-state index is 0. The second kappa shape index (κ2) is 12.4. The number of rotatable bonds is 10. The van der Waals surface area contributed by atoms with Crippen LogP contribution < -0.4 is 10.1 Å². The molecule has 0 amide bonds. The zero-order chi connectivity index (χ0) is 18.1. The molecule has 0 unspecified atom stereocenters. The molecule has 0 aliphatic heterocycles. The fourth-order valence-corrected chi connectivity index (χ4v) is 2.87. The summed E-state index contributed by atoms with van der Waals surface area (Å²) in [6.45, 7) is 4.60. The second-order valence-electron chi connectivity index (χ2n) is 5.66. The topological polar surface area (TPSA) is 50.7 Å². The third-order valence-corrected chi connectivity index (χ3v) is 4.06. The summed E-state index contributed by atoms with van der Waals surface area (Å²) in [7, 11) is 0. The lowest BCUT2D eigenvalue weighted by Crippen LogP contribution is -2.20. The van der Waals surface area contributed by atoms with Crippen molar-refractivity contribution in [3.05, 3.63) is 63.1 Å². The summed E-state index contributed by atoms with van der Waals surface area (Å²) in [5, 5.41) is 13.0. The quantitative estimate of drug-likeness (QED) is 0.559. The van der Waals surface area contributed by atoms with Gasteiger partial charge in [0.2, 0.25) is 0 Å². The molecule has 0 aliphatic rings. The number of hydrogen-bond donors (Lipinski definition) is 2. The summed E-state index contributed by atoms with van der Waals surface area (Å²) in [5.74, 6) is 0.635. The molecular formula is C19H24Cl3NO3. The minimum Gasteiger partial charge on any atom is -0.487 e. The molecule has 0 atom stereocenters. The molecule has 2 aromatic carbocycles. The van der Waals surface area contributed by atoms with E-state index in [1.807, 2.05) is 18.2 Å². The average molecular weight is 421 g/mol. The van der Waals surface area contributed by atoms with Gasteiger partial charge in [0.05, 0.1) is 24.8 Å². The van der Waals surface area contributed by atoms with Crippen LogP contribution in [0.3, 0.4) is 0 Å². The van der Waals surface area contributed by atoms with Crippen molar-refractivity contribution in [3.63, 3.8) is 0 Å². The highest BCUT2D eigenvalue weighted by Crippen LogP contribution is 2.33. The van der Waals surface area contributed by atoms with E-state index in [1.165, 1.54) is 5.56 Å². The van der Waals surface area contributed by atoms with Gasteiger partial charge in [-0.25, -0.2) is 0 Å². The Labute approximate surface area is 170 Å². The highest BCUT2D eigenvalue weighted by atomic mass is 35.5. The molecule has 2 rings (SSSR count). The van der Waals surface area contributed by atoms with Crippen molar-refractivity contribution >= 4 is 35.6 Å². The molecule has 0 saturated heterocycles. The lowest BCUT2D eigenvalue weighted by atomic mass is 10.1. The van der Waals surface area contributed by atoms with Crippen molar-refractivity contribution in [1.82, 2.24) is 5.32 Å². The molecule has 7 heteroatoms. The van der Waals surface area contributed by atoms with Crippen LogP contribution in [-0.4, -0.2) is 31.5 Å². The van der Waals surface area contributed by atoms with Gasteiger partial charge in [0.15, 0.2) is 0 Å². The maximum absolute atomic E-state index is 8.68. The van der Waals surface area contributed by atoms with Gasteiger partial charge in [0, 0.05) is 23.7 Å². The Morgan fingerprint density at radius 1 is 1.08 bits per heavy atom. The monoisotopic (exact) mass is 419 g/mol. The van der Waals surface area contributed by atoms with E-state index in [4.69, 9.17) is 37.8 Å². The molecular weight excluding hydrogens is 397 g/mol. The number of benzene rings is 2. The molecule has 2 N–H and O–H groups in total. The lowest BCUT2D eigenvalue weighted by Gasteiger charge is -2.15. The van der Waals surface area contributed by atoms with Crippen molar-refractivity contribution in [2.24, 2.45) is 0 Å². The summed E-state index contributed by atoms with van der Waals surface area (Å²) in [6, 6.07) is 11.7. The lowest BCUT2D eigenvalue weighted by molar-refractivity contribution is 0.0937. The van der Waals surface area contributed by atoms with Crippen LogP contribution in [0.4, 0.5) is 0 Å². The van der Waals surface area contributed by atoms with Gasteiger partial charge < -0.3 is 19.9 Å². The average Bonchev–Trinajstić information content (AvgIpc) is 2.58. The third-order valence-electron chi connectivity index (χ3n) is 3.56. The summed E-state index contributed by atoms with van der Waals surface area (Å²) in [6.07, 6.45) is 0. The second-order valence-corrected chi connectivity index (χ2v) is 6.51. The fraction of sp³-hybridized carbons (Fsp3) is 0.368. The zero-order valence-corrected chi connectivity index (χ0v) is 17.0. The van der Waals surface area contributed by atoms with Crippen molar-refractivity contribution in [1.29, 1.82) is 0 Å². The summed E-state index contributed by atoms with van der Waals surface area (Å²) >= 11 is 12.4. The Balaban J connectivity index is 0.00000338. The first-order chi connectivity index (χ1) is 12.1. The first kappa shape index (κ1) is 23.0. The highest BCUT2D eigenvalue weighted by Gasteiger charge is 2.11. The highest BCUT2D eigenvalue weighted by molar-refractivity contribution is 6.35. The van der Waals surface area contributed by atoms with E-state index in [9.17, 15) is 0 Å². The maximum Gasteiger partial charge on any atom is 0.142 e. The van der Waals surface area contributed by atoms with E-state index in [-0.39, 0.29) is 19.0 Å². The predicted octanol–water partition coefficient (Wildman–Crippen LogP) is 4.40. The Hall–Kier alpha value is -1.01. The first-order valence-electron chi connectivity index (χ1n) is 8.15. The SMILES string of the molecule is Cc1ccc(COc2c(Cl)cc(Cl)cc2CNCCOCCO)cc1.Cl. The van der Waals surface area contributed by atoms with Crippen LogP contribution in [0.1, 0.15) is 16.7 Å². The van der Waals surface area contributed by atoms with Crippen LogP contribution in [0.2, 0.25) is 10.0 Å². The Kier molecular flexibility index (Phi) is 11.0. The van der Waals surface area contributed by atoms with Gasteiger partial charge in [-0.1, -0.05) is 53.0 Å². The molecule has 0 spiro atoms. The van der Waals surface area contributed by atoms with Crippen molar-refractivity contribution in [2.75, 3.05) is 26.4 Å². The van der Waals surface area contributed by atoms with Gasteiger partial charge in [-0.2, -0.15) is 0 Å². The van der Waals surface area contributed by atoms with Gasteiger partial charge in [-0.15, -0.1) is 12.4 Å². The largest absolute Gasteiger partial charge is 0.487 e. The number of aryl methyl sites for hydroxylation is 1. The Morgan fingerprint density at radius 3 is 2.50 bits per heavy atom. The number of aliphatic hydroxyl groups is 1. The standard InChI is InChI=1S/C19H23Cl2NO3.ClH/c1-14-2-4-15(5-3-14)13-25-19-16(10-17(20)11-18(19)21)12-22-6-8-24-9-7-23;/h2-5,10-11,22-23H,6-9,12-13H2,1H3;1H. The van der Waals surface area contributed by atoms with Crippen LogP contribution in [0, 0.1) is 6.92 Å². The smallest absolute Gasteiger partial charge is 0.142 e. The molecule has 0 radical (unpaired) electrons. The van der Waals surface area contributed by atoms with E-state index < -0.39 is 0 Å². The third kappa shape index (κ3) is 7.70. The molecule has 0 saturated carbocycles. The number of hydrogen-bond acceptors (Lipinski definition) is 4. The molecule has 0 heterocycles. The minimum absolute atomic E-state index is 0. The fourth-order valence-electron chi connectivity index (χ4n) is 2.28. The first-order valence-corrected chi connectivity index (χ1v) is 8.91. The molecule has 0 fully saturated rings. The van der Waals surface area contributed by atoms with E-state index in [0.29, 0.717) is 48.7 Å². The maximum atomic E-state index is 8.68. The molecule has 0 bridgehead atoms. The summed E-state index contributed by atoms with van der Waals surface area (Å²) in [4.78, 5) is 0. The van der Waals surface area contributed by atoms with E-state index in [2.05, 4.69) is 24.4 Å². The van der Waals surface area contributed by atoms with Crippen LogP contribution in [0.15, 0.2) is 36.4 Å². The number of nitrogens with one attached hydrogen (secondary N) is 1. The molecule has 144 valence electrons. The van der Waals surface area contributed by atoms with Crippen LogP contribution >= 0.6 is 35.6 Å². The Morgan fingerprint density at radius 2 is 1.81 bits per heavy atom. The summed E-state index contributed by atoms with van der Waals surface area (Å²) in [5.41, 5.74) is 3.18. The number of halogens is 3. The van der Waals surface area contributed by atoms with Gasteiger partial charge in [0.25, 0.3) is 0 Å². The molecule has 26 heavy (non-hydrogen) atoms. The van der Waals surface area contributed by atoms with E-state index in [1.54, 1.807) is 6.07 Å². The summed E-state index contributed by atoms with van der Waals surface area (Å²) < 4.78 is 11.2. The molecule has 0 aliphatic carbocycles. The zero-order valence-electron chi connectivity index (χ0n) is 14.6. The van der Waals surface area contributed by atoms with Crippen LogP contribution in [0.25, 0.3) is 0 Å².